The largest absolute Gasteiger partial charge is 0.460 e. The molecule has 0 amide bonds. The summed E-state index contributed by atoms with van der Waals surface area (Å²) in [6.07, 6.45) is 4.46. The van der Waals surface area contributed by atoms with Gasteiger partial charge in [0.1, 0.15) is 5.60 Å². The molecule has 1 N–H and O–H groups in total. The third-order valence-corrected chi connectivity index (χ3v) is 3.98. The van der Waals surface area contributed by atoms with E-state index in [0.717, 1.165) is 37.8 Å². The maximum Gasteiger partial charge on any atom is 0.309 e. The lowest BCUT2D eigenvalue weighted by Crippen LogP contribution is -2.42. The number of ether oxygens (including phenoxy) is 1. The van der Waals surface area contributed by atoms with Crippen LogP contribution in [0.5, 0.6) is 0 Å². The van der Waals surface area contributed by atoms with Gasteiger partial charge >= 0.3 is 5.97 Å². The SMILES string of the molecule is CC(C)(C)OC(=O)C1CCC2CNCCC2C1. The average molecular weight is 239 g/mol. The zero-order chi connectivity index (χ0) is 12.5. The summed E-state index contributed by atoms with van der Waals surface area (Å²) in [6.45, 7) is 8.09. The second kappa shape index (κ2) is 4.97. The second-order valence-electron chi connectivity index (χ2n) is 6.56. The number of piperidine rings is 1. The van der Waals surface area contributed by atoms with Crippen molar-refractivity contribution in [1.29, 1.82) is 0 Å². The summed E-state index contributed by atoms with van der Waals surface area (Å²) in [4.78, 5) is 12.1. The van der Waals surface area contributed by atoms with Gasteiger partial charge in [0.15, 0.2) is 0 Å². The highest BCUT2D eigenvalue weighted by atomic mass is 16.6. The van der Waals surface area contributed by atoms with Gasteiger partial charge in [-0.2, -0.15) is 0 Å². The monoisotopic (exact) mass is 239 g/mol. The van der Waals surface area contributed by atoms with Gasteiger partial charge in [0.25, 0.3) is 0 Å². The molecule has 2 fully saturated rings. The Balaban J connectivity index is 1.89. The molecule has 1 saturated heterocycles. The molecule has 1 aliphatic heterocycles. The first-order valence-corrected chi connectivity index (χ1v) is 6.89. The van der Waals surface area contributed by atoms with Crippen molar-refractivity contribution in [1.82, 2.24) is 5.32 Å². The number of carbonyl (C=O) groups is 1. The molecule has 0 bridgehead atoms. The normalized spacial score (nSPS) is 33.9. The Morgan fingerprint density at radius 3 is 2.65 bits per heavy atom. The van der Waals surface area contributed by atoms with Crippen LogP contribution in [0.2, 0.25) is 0 Å². The molecule has 3 atom stereocenters. The lowest BCUT2D eigenvalue weighted by atomic mass is 9.71. The van der Waals surface area contributed by atoms with E-state index >= 15 is 0 Å². The van der Waals surface area contributed by atoms with Crippen molar-refractivity contribution >= 4 is 5.97 Å². The molecule has 0 aromatic carbocycles. The van der Waals surface area contributed by atoms with Gasteiger partial charge in [-0.15, -0.1) is 0 Å². The van der Waals surface area contributed by atoms with E-state index in [4.69, 9.17) is 4.74 Å². The highest BCUT2D eigenvalue weighted by molar-refractivity contribution is 5.73. The summed E-state index contributed by atoms with van der Waals surface area (Å²) in [5, 5.41) is 3.45. The van der Waals surface area contributed by atoms with Crippen molar-refractivity contribution in [3.63, 3.8) is 0 Å². The standard InChI is InChI=1S/C14H25NO2/c1-14(2,3)17-13(16)11-4-5-12-9-15-7-6-10(12)8-11/h10-12,15H,4-9H2,1-3H3. The highest BCUT2D eigenvalue weighted by Crippen LogP contribution is 2.38. The molecule has 2 aliphatic rings. The Kier molecular flexibility index (Phi) is 3.76. The third kappa shape index (κ3) is 3.44. The van der Waals surface area contributed by atoms with Gasteiger partial charge in [0.05, 0.1) is 5.92 Å². The van der Waals surface area contributed by atoms with E-state index in [1.165, 1.54) is 12.8 Å². The van der Waals surface area contributed by atoms with Crippen LogP contribution >= 0.6 is 0 Å². The van der Waals surface area contributed by atoms with Crippen LogP contribution in [-0.4, -0.2) is 24.7 Å². The molecule has 17 heavy (non-hydrogen) atoms. The van der Waals surface area contributed by atoms with Gasteiger partial charge in [-0.3, -0.25) is 4.79 Å². The van der Waals surface area contributed by atoms with Crippen molar-refractivity contribution in [2.75, 3.05) is 13.1 Å². The fraction of sp³-hybridized carbons (Fsp3) is 0.929. The minimum Gasteiger partial charge on any atom is -0.460 e. The van der Waals surface area contributed by atoms with Gasteiger partial charge in [-0.05, 0) is 71.4 Å². The van der Waals surface area contributed by atoms with Crippen LogP contribution in [0.3, 0.4) is 0 Å². The van der Waals surface area contributed by atoms with Gasteiger partial charge in [0, 0.05) is 0 Å². The summed E-state index contributed by atoms with van der Waals surface area (Å²) < 4.78 is 5.50. The maximum absolute atomic E-state index is 12.1. The lowest BCUT2D eigenvalue weighted by molar-refractivity contribution is -0.162. The molecule has 0 aromatic heterocycles. The van der Waals surface area contributed by atoms with E-state index in [1.807, 2.05) is 20.8 Å². The number of rotatable bonds is 1. The number of fused-ring (bicyclic) bond motifs is 1. The minimum atomic E-state index is -0.345. The van der Waals surface area contributed by atoms with Crippen LogP contribution in [0.25, 0.3) is 0 Å². The zero-order valence-electron chi connectivity index (χ0n) is 11.3. The van der Waals surface area contributed by atoms with Crippen molar-refractivity contribution in [3.8, 4) is 0 Å². The first-order chi connectivity index (χ1) is 7.96. The van der Waals surface area contributed by atoms with Gasteiger partial charge < -0.3 is 10.1 Å². The number of nitrogens with one attached hydrogen (secondary N) is 1. The first kappa shape index (κ1) is 12.9. The fourth-order valence-electron chi connectivity index (χ4n) is 3.12. The molecule has 98 valence electrons. The first-order valence-electron chi connectivity index (χ1n) is 6.89. The number of hydrogen-bond acceptors (Lipinski definition) is 3. The molecule has 1 heterocycles. The second-order valence-corrected chi connectivity index (χ2v) is 6.56. The zero-order valence-corrected chi connectivity index (χ0v) is 11.3. The number of carbonyl (C=O) groups excluding carboxylic acids is 1. The van der Waals surface area contributed by atoms with E-state index < -0.39 is 0 Å². The fourth-order valence-corrected chi connectivity index (χ4v) is 3.12. The Hall–Kier alpha value is -0.570. The molecule has 0 aromatic rings. The van der Waals surface area contributed by atoms with Crippen LogP contribution < -0.4 is 5.32 Å². The molecule has 3 unspecified atom stereocenters. The predicted octanol–water partition coefficient (Wildman–Crippen LogP) is 2.35. The lowest BCUT2D eigenvalue weighted by Gasteiger charge is -2.39. The summed E-state index contributed by atoms with van der Waals surface area (Å²) in [5.41, 5.74) is -0.345. The van der Waals surface area contributed by atoms with Crippen LogP contribution in [-0.2, 0) is 9.53 Å². The summed E-state index contributed by atoms with van der Waals surface area (Å²) in [5.74, 6) is 1.70. The quantitative estimate of drug-likeness (QED) is 0.714. The van der Waals surface area contributed by atoms with E-state index in [0.29, 0.717) is 0 Å². The third-order valence-electron chi connectivity index (χ3n) is 3.98. The highest BCUT2D eigenvalue weighted by Gasteiger charge is 2.36. The molecule has 0 radical (unpaired) electrons. The van der Waals surface area contributed by atoms with E-state index in [-0.39, 0.29) is 17.5 Å². The smallest absolute Gasteiger partial charge is 0.309 e. The van der Waals surface area contributed by atoms with E-state index in [9.17, 15) is 4.79 Å². The van der Waals surface area contributed by atoms with Crippen molar-refractivity contribution in [2.45, 2.75) is 52.1 Å². The molecule has 3 heteroatoms. The van der Waals surface area contributed by atoms with Crippen LogP contribution in [0.1, 0.15) is 46.5 Å². The minimum absolute atomic E-state index is 0.0227. The Bertz CT molecular complexity index is 282. The van der Waals surface area contributed by atoms with Gasteiger partial charge in [-0.1, -0.05) is 0 Å². The maximum atomic E-state index is 12.1. The van der Waals surface area contributed by atoms with Gasteiger partial charge in [0.2, 0.25) is 0 Å². The number of hydrogen-bond donors (Lipinski definition) is 1. The van der Waals surface area contributed by atoms with E-state index in [2.05, 4.69) is 5.32 Å². The Labute approximate surface area is 104 Å². The summed E-state index contributed by atoms with van der Waals surface area (Å²) in [6, 6.07) is 0. The molecular formula is C14H25NO2. The van der Waals surface area contributed by atoms with E-state index in [1.54, 1.807) is 0 Å². The number of esters is 1. The summed E-state index contributed by atoms with van der Waals surface area (Å²) >= 11 is 0. The molecule has 1 saturated carbocycles. The molecular weight excluding hydrogens is 214 g/mol. The predicted molar refractivity (Wildman–Crippen MR) is 67.7 cm³/mol. The van der Waals surface area contributed by atoms with Gasteiger partial charge in [-0.25, -0.2) is 0 Å². The topological polar surface area (TPSA) is 38.3 Å². The molecule has 1 aliphatic carbocycles. The van der Waals surface area contributed by atoms with Crippen molar-refractivity contribution < 1.29 is 9.53 Å². The molecule has 2 rings (SSSR count). The van der Waals surface area contributed by atoms with Crippen LogP contribution in [0.15, 0.2) is 0 Å². The Morgan fingerprint density at radius 2 is 1.94 bits per heavy atom. The molecule has 0 spiro atoms. The average Bonchev–Trinajstić information content (AvgIpc) is 2.26. The van der Waals surface area contributed by atoms with Crippen molar-refractivity contribution in [3.05, 3.63) is 0 Å². The van der Waals surface area contributed by atoms with Crippen LogP contribution in [0.4, 0.5) is 0 Å². The molecule has 3 nitrogen and oxygen atoms in total. The Morgan fingerprint density at radius 1 is 1.18 bits per heavy atom. The summed E-state index contributed by atoms with van der Waals surface area (Å²) in [7, 11) is 0. The van der Waals surface area contributed by atoms with Crippen molar-refractivity contribution in [2.24, 2.45) is 17.8 Å². The van der Waals surface area contributed by atoms with Crippen LogP contribution in [0, 0.1) is 17.8 Å².